The molecule has 0 bridgehead atoms. The van der Waals surface area contributed by atoms with Crippen molar-refractivity contribution in [3.05, 3.63) is 101 Å². The second-order valence-electron chi connectivity index (χ2n) is 11.8. The molecule has 0 saturated carbocycles. The number of rotatable bonds is 17. The van der Waals surface area contributed by atoms with Crippen LogP contribution in [0.15, 0.2) is 59.7 Å². The van der Waals surface area contributed by atoms with E-state index >= 15 is 0 Å². The maximum absolute atomic E-state index is 11.8. The Hall–Kier alpha value is -1.99. The van der Waals surface area contributed by atoms with Crippen LogP contribution in [0.3, 0.4) is 0 Å². The first-order chi connectivity index (χ1) is 21.0. The molecule has 3 rings (SSSR count). The van der Waals surface area contributed by atoms with Crippen molar-refractivity contribution in [2.24, 2.45) is 0 Å². The van der Waals surface area contributed by atoms with Gasteiger partial charge in [0, 0.05) is 22.3 Å². The summed E-state index contributed by atoms with van der Waals surface area (Å²) in [5.74, 6) is 0. The van der Waals surface area contributed by atoms with Crippen LogP contribution in [0.2, 0.25) is 0 Å². The van der Waals surface area contributed by atoms with Crippen molar-refractivity contribution in [3.8, 4) is 0 Å². The summed E-state index contributed by atoms with van der Waals surface area (Å²) in [4.78, 5) is 0. The molecule has 248 valence electrons. The Morgan fingerprint density at radius 2 is 0.886 bits per heavy atom. The maximum Gasteiger partial charge on any atom is 2.00 e. The molecular formula is C41H64N2Ni. The number of benzene rings is 2. The Morgan fingerprint density at radius 3 is 1.25 bits per heavy atom. The van der Waals surface area contributed by atoms with Crippen molar-refractivity contribution >= 4 is 11.4 Å². The zero-order chi connectivity index (χ0) is 31.9. The van der Waals surface area contributed by atoms with E-state index in [1.165, 1.54) is 73.6 Å². The van der Waals surface area contributed by atoms with Crippen LogP contribution in [0.25, 0.3) is 16.9 Å². The van der Waals surface area contributed by atoms with Gasteiger partial charge in [-0.2, -0.15) is 12.8 Å². The quantitative estimate of drug-likeness (QED) is 0.0709. The molecule has 0 aromatic heterocycles. The van der Waals surface area contributed by atoms with Gasteiger partial charge in [-0.3, -0.25) is 0 Å². The minimum absolute atomic E-state index is 0. The molecule has 0 saturated heterocycles. The van der Waals surface area contributed by atoms with Crippen molar-refractivity contribution in [1.29, 1.82) is 0 Å². The van der Waals surface area contributed by atoms with E-state index < -0.39 is 0 Å². The van der Waals surface area contributed by atoms with Crippen molar-refractivity contribution in [2.75, 3.05) is 0 Å². The third-order valence-electron chi connectivity index (χ3n) is 7.92. The fourth-order valence-electron chi connectivity index (χ4n) is 5.20. The van der Waals surface area contributed by atoms with Gasteiger partial charge in [-0.15, -0.1) is 0 Å². The van der Waals surface area contributed by atoms with E-state index in [0.717, 1.165) is 80.3 Å². The van der Waals surface area contributed by atoms with E-state index in [-0.39, 0.29) is 16.5 Å². The van der Waals surface area contributed by atoms with Crippen LogP contribution in [0.4, 0.5) is 0 Å². The summed E-state index contributed by atoms with van der Waals surface area (Å²) in [5, 5.41) is 0. The first-order valence-electron chi connectivity index (χ1n) is 17.7. The number of allylic oxidation sites excluding steroid dienone is 2. The average Bonchev–Trinajstić information content (AvgIpc) is 3.32. The largest absolute Gasteiger partial charge is 2.00 e. The van der Waals surface area contributed by atoms with Gasteiger partial charge in [0.15, 0.2) is 0 Å². The molecule has 0 N–H and O–H groups in total. The predicted octanol–water partition coefficient (Wildman–Crippen LogP) is 13.6. The Kier molecular flexibility index (Phi) is 25.1. The summed E-state index contributed by atoms with van der Waals surface area (Å²) in [5.41, 5.74) is 21.6. The van der Waals surface area contributed by atoms with Crippen LogP contribution in [0, 0.1) is 13.8 Å². The van der Waals surface area contributed by atoms with Gasteiger partial charge in [0.25, 0.3) is 0 Å². The van der Waals surface area contributed by atoms with Crippen LogP contribution in [-0.2, 0) is 29.3 Å². The topological polar surface area (TPSA) is 25.3 Å². The Bertz CT molecular complexity index is 1100. The zero-order valence-electron chi connectivity index (χ0n) is 29.3. The molecule has 0 aliphatic carbocycles. The molecule has 1 heterocycles. The second kappa shape index (κ2) is 26.3. The number of hydrogen-bond acceptors (Lipinski definition) is 0. The van der Waals surface area contributed by atoms with Gasteiger partial charge in [0.2, 0.25) is 11.4 Å². The Labute approximate surface area is 283 Å². The molecule has 3 heteroatoms. The van der Waals surface area contributed by atoms with Crippen molar-refractivity contribution < 1.29 is 21.2 Å². The number of hydrogen-bond donors (Lipinski definition) is 0. The number of unbranched alkanes of at least 4 members (excludes halogenated alkanes) is 7. The predicted molar refractivity (Wildman–Crippen MR) is 192 cm³/mol. The summed E-state index contributed by atoms with van der Waals surface area (Å²) in [6.45, 7) is 20.5. The number of nitrogens with zero attached hydrogens (tertiary/aromatic N) is 2. The van der Waals surface area contributed by atoms with Gasteiger partial charge in [0.1, 0.15) is 0 Å². The maximum atomic E-state index is 11.8. The molecule has 0 atom stereocenters. The van der Waals surface area contributed by atoms with Gasteiger partial charge in [-0.25, -0.2) is 4.70 Å². The minimum Gasteiger partial charge on any atom is -0.493 e. The SMILES string of the molecule is CCCCCC1=C(c2cccc(CCCC)c2)[N+](=[N-])C(c2cccc(CCCC)c2)=C1CCCC.[CH2-]CCC.[CH2-]CCC.[Ni+2]. The fraction of sp³-hybridized carbons (Fsp3) is 0.561. The smallest absolute Gasteiger partial charge is 0.493 e. The van der Waals surface area contributed by atoms with Crippen molar-refractivity contribution in [1.82, 2.24) is 0 Å². The first kappa shape index (κ1) is 42.0. The summed E-state index contributed by atoms with van der Waals surface area (Å²) in [7, 11) is 0. The molecule has 0 amide bonds. The van der Waals surface area contributed by atoms with Crippen molar-refractivity contribution in [2.45, 2.75) is 151 Å². The molecule has 0 fully saturated rings. The summed E-state index contributed by atoms with van der Waals surface area (Å²) < 4.78 is 1.55. The fourth-order valence-corrected chi connectivity index (χ4v) is 5.20. The van der Waals surface area contributed by atoms with Crippen molar-refractivity contribution in [3.63, 3.8) is 0 Å². The molecule has 2 nitrogen and oxygen atoms in total. The molecule has 1 aliphatic heterocycles. The molecule has 0 unspecified atom stereocenters. The van der Waals surface area contributed by atoms with Gasteiger partial charge in [-0.1, -0.05) is 111 Å². The Balaban J connectivity index is 0.00000183. The molecular weight excluding hydrogens is 579 g/mol. The first-order valence-corrected chi connectivity index (χ1v) is 17.7. The van der Waals surface area contributed by atoms with Gasteiger partial charge in [0.05, 0.1) is 0 Å². The van der Waals surface area contributed by atoms with E-state index in [1.807, 2.05) is 0 Å². The molecule has 44 heavy (non-hydrogen) atoms. The van der Waals surface area contributed by atoms with Crippen LogP contribution >= 0.6 is 0 Å². The van der Waals surface area contributed by atoms with Crippen LogP contribution in [0.5, 0.6) is 0 Å². The molecule has 2 aromatic carbocycles. The van der Waals surface area contributed by atoms with Crippen LogP contribution in [0.1, 0.15) is 160 Å². The minimum atomic E-state index is 0. The van der Waals surface area contributed by atoms with E-state index in [9.17, 15) is 5.53 Å². The summed E-state index contributed by atoms with van der Waals surface area (Å²) in [6.07, 6.45) is 19.5. The standard InChI is InChI=1S/C33H46N2.2C4H9.Ni/c1-5-9-13-23-31-30(22-12-8-4)32(28-20-14-18-26(24-28)16-10-6-2)35(34)33(31)29-21-15-19-27(25-29)17-11-7-3;2*1-3-4-2;/h14-15,18-21,24-25H,5-13,16-17,22-23H2,1-4H3;2*1,3-4H2,2H3;/q;2*-1;+2. The number of aryl methyl sites for hydroxylation is 2. The monoisotopic (exact) mass is 642 g/mol. The zero-order valence-corrected chi connectivity index (χ0v) is 30.3. The third kappa shape index (κ3) is 14.4. The van der Waals surface area contributed by atoms with E-state index in [4.69, 9.17) is 0 Å². The molecule has 1 aliphatic rings. The van der Waals surface area contributed by atoms with E-state index in [0.29, 0.717) is 0 Å². The van der Waals surface area contributed by atoms with Gasteiger partial charge in [-0.05, 0) is 86.8 Å². The van der Waals surface area contributed by atoms with Gasteiger partial charge >= 0.3 is 16.5 Å². The normalized spacial score (nSPS) is 12.4. The third-order valence-corrected chi connectivity index (χ3v) is 7.92. The van der Waals surface area contributed by atoms with Gasteiger partial charge < -0.3 is 19.4 Å². The van der Waals surface area contributed by atoms with E-state index in [2.05, 4.69) is 104 Å². The molecule has 2 aromatic rings. The summed E-state index contributed by atoms with van der Waals surface area (Å²) >= 11 is 0. The van der Waals surface area contributed by atoms with Crippen LogP contribution in [-0.4, -0.2) is 4.70 Å². The molecule has 0 radical (unpaired) electrons. The Morgan fingerprint density at radius 1 is 0.523 bits per heavy atom. The van der Waals surface area contributed by atoms with E-state index in [1.54, 1.807) is 4.70 Å². The average molecular weight is 644 g/mol. The van der Waals surface area contributed by atoms with Crippen LogP contribution < -0.4 is 0 Å². The molecule has 0 spiro atoms. The second-order valence-corrected chi connectivity index (χ2v) is 11.8. The summed E-state index contributed by atoms with van der Waals surface area (Å²) in [6, 6.07) is 17.8.